The first-order chi connectivity index (χ1) is 10.2. The van der Waals surface area contributed by atoms with E-state index < -0.39 is 24.5 Å². The van der Waals surface area contributed by atoms with Crippen LogP contribution in [0.2, 0.25) is 0 Å². The largest absolute Gasteiger partial charge is 0.455 e. The van der Waals surface area contributed by atoms with Gasteiger partial charge in [-0.05, 0) is 19.1 Å². The van der Waals surface area contributed by atoms with Gasteiger partial charge in [0.05, 0.1) is 5.56 Å². The SMILES string of the molecule is CCNC(=O)[C@H]1O[C@@H](OC)C[C@H]1OC(=O)c1ccccc1. The van der Waals surface area contributed by atoms with Gasteiger partial charge in [0.15, 0.2) is 12.4 Å². The van der Waals surface area contributed by atoms with Gasteiger partial charge in [0.2, 0.25) is 0 Å². The molecule has 0 aromatic heterocycles. The Hall–Kier alpha value is -1.92. The molecular formula is C15H19NO5. The van der Waals surface area contributed by atoms with Crippen molar-refractivity contribution in [1.29, 1.82) is 0 Å². The molecule has 1 aromatic rings. The standard InChI is InChI=1S/C15H19NO5/c1-3-16-14(17)13-11(9-12(19-2)21-13)20-15(18)10-7-5-4-6-8-10/h4-8,11-13H,3,9H2,1-2H3,(H,16,17)/t11-,12-,13+/m1/s1. The van der Waals surface area contributed by atoms with E-state index in [4.69, 9.17) is 14.2 Å². The lowest BCUT2D eigenvalue weighted by Crippen LogP contribution is -2.42. The number of carbonyl (C=O) groups is 2. The number of rotatable bonds is 5. The van der Waals surface area contributed by atoms with E-state index in [1.54, 1.807) is 24.3 Å². The van der Waals surface area contributed by atoms with Crippen molar-refractivity contribution >= 4 is 11.9 Å². The fraction of sp³-hybridized carbons (Fsp3) is 0.467. The molecule has 6 nitrogen and oxygen atoms in total. The van der Waals surface area contributed by atoms with Crippen molar-refractivity contribution in [2.24, 2.45) is 0 Å². The van der Waals surface area contributed by atoms with E-state index >= 15 is 0 Å². The topological polar surface area (TPSA) is 73.9 Å². The first-order valence-electron chi connectivity index (χ1n) is 6.87. The third-order valence-corrected chi connectivity index (χ3v) is 3.20. The van der Waals surface area contributed by atoms with Crippen LogP contribution in [0.5, 0.6) is 0 Å². The molecule has 0 aliphatic carbocycles. The molecule has 1 aliphatic heterocycles. The molecule has 1 aliphatic rings. The predicted molar refractivity (Wildman–Crippen MR) is 74.6 cm³/mol. The minimum atomic E-state index is -0.845. The summed E-state index contributed by atoms with van der Waals surface area (Å²) in [4.78, 5) is 24.0. The van der Waals surface area contributed by atoms with E-state index in [9.17, 15) is 9.59 Å². The third kappa shape index (κ3) is 3.80. The monoisotopic (exact) mass is 293 g/mol. The van der Waals surface area contributed by atoms with Gasteiger partial charge in [-0.2, -0.15) is 0 Å². The number of ether oxygens (including phenoxy) is 3. The van der Waals surface area contributed by atoms with Gasteiger partial charge < -0.3 is 19.5 Å². The summed E-state index contributed by atoms with van der Waals surface area (Å²) in [6, 6.07) is 8.63. The number of nitrogens with one attached hydrogen (secondary N) is 1. The summed E-state index contributed by atoms with van der Waals surface area (Å²) in [6.07, 6.45) is -1.72. The van der Waals surface area contributed by atoms with Crippen molar-refractivity contribution < 1.29 is 23.8 Å². The molecule has 1 amide bonds. The average molecular weight is 293 g/mol. The molecular weight excluding hydrogens is 274 g/mol. The molecule has 2 rings (SSSR count). The number of hydrogen-bond donors (Lipinski definition) is 1. The van der Waals surface area contributed by atoms with Crippen LogP contribution in [0, 0.1) is 0 Å². The molecule has 1 heterocycles. The fourth-order valence-electron chi connectivity index (χ4n) is 2.17. The Morgan fingerprint density at radius 2 is 2.05 bits per heavy atom. The Kier molecular flexibility index (Phi) is 5.30. The Morgan fingerprint density at radius 1 is 1.33 bits per heavy atom. The second-order valence-electron chi connectivity index (χ2n) is 4.66. The molecule has 6 heteroatoms. The van der Waals surface area contributed by atoms with Crippen LogP contribution < -0.4 is 5.32 Å². The van der Waals surface area contributed by atoms with Crippen LogP contribution in [0.3, 0.4) is 0 Å². The normalized spacial score (nSPS) is 24.6. The number of amides is 1. The molecule has 0 saturated carbocycles. The highest BCUT2D eigenvalue weighted by Gasteiger charge is 2.42. The highest BCUT2D eigenvalue weighted by atomic mass is 16.7. The molecule has 21 heavy (non-hydrogen) atoms. The summed E-state index contributed by atoms with van der Waals surface area (Å²) in [5, 5.41) is 2.66. The van der Waals surface area contributed by atoms with E-state index in [0.29, 0.717) is 18.5 Å². The zero-order chi connectivity index (χ0) is 15.2. The summed E-state index contributed by atoms with van der Waals surface area (Å²) in [5.74, 6) is -0.779. The number of benzene rings is 1. The van der Waals surface area contributed by atoms with E-state index in [-0.39, 0.29) is 5.91 Å². The van der Waals surface area contributed by atoms with E-state index in [2.05, 4.69) is 5.32 Å². The van der Waals surface area contributed by atoms with E-state index in [1.165, 1.54) is 7.11 Å². The van der Waals surface area contributed by atoms with Crippen LogP contribution in [0.1, 0.15) is 23.7 Å². The molecule has 0 spiro atoms. The summed E-state index contributed by atoms with van der Waals surface area (Å²) in [5.41, 5.74) is 0.438. The number of carbonyl (C=O) groups excluding carboxylic acids is 2. The van der Waals surface area contributed by atoms with Gasteiger partial charge >= 0.3 is 5.97 Å². The summed E-state index contributed by atoms with van der Waals surface area (Å²) in [7, 11) is 1.49. The van der Waals surface area contributed by atoms with Crippen LogP contribution in [-0.2, 0) is 19.0 Å². The number of likely N-dealkylation sites (N-methyl/N-ethyl adjacent to an activating group) is 1. The molecule has 0 bridgehead atoms. The summed E-state index contributed by atoms with van der Waals surface area (Å²) >= 11 is 0. The molecule has 1 aromatic carbocycles. The summed E-state index contributed by atoms with van der Waals surface area (Å²) < 4.78 is 16.0. The van der Waals surface area contributed by atoms with Gasteiger partial charge in [-0.15, -0.1) is 0 Å². The highest BCUT2D eigenvalue weighted by molar-refractivity contribution is 5.90. The minimum absolute atomic E-state index is 0.303. The van der Waals surface area contributed by atoms with E-state index in [0.717, 1.165) is 0 Å². The zero-order valence-corrected chi connectivity index (χ0v) is 12.1. The lowest BCUT2D eigenvalue weighted by Gasteiger charge is -2.17. The van der Waals surface area contributed by atoms with Crippen LogP contribution in [0.4, 0.5) is 0 Å². The van der Waals surface area contributed by atoms with Gasteiger partial charge in [-0.3, -0.25) is 4.79 Å². The van der Waals surface area contributed by atoms with Gasteiger partial charge in [-0.25, -0.2) is 4.79 Å². The molecule has 114 valence electrons. The van der Waals surface area contributed by atoms with Gasteiger partial charge in [0.25, 0.3) is 5.91 Å². The predicted octanol–water partition coefficient (Wildman–Crippen LogP) is 1.11. The zero-order valence-electron chi connectivity index (χ0n) is 12.1. The van der Waals surface area contributed by atoms with Crippen LogP contribution in [0.15, 0.2) is 30.3 Å². The van der Waals surface area contributed by atoms with Crippen molar-refractivity contribution in [2.75, 3.05) is 13.7 Å². The van der Waals surface area contributed by atoms with Gasteiger partial charge in [0, 0.05) is 20.1 Å². The first-order valence-corrected chi connectivity index (χ1v) is 6.87. The lowest BCUT2D eigenvalue weighted by molar-refractivity contribution is -0.151. The molecule has 1 N–H and O–H groups in total. The van der Waals surface area contributed by atoms with E-state index in [1.807, 2.05) is 13.0 Å². The van der Waals surface area contributed by atoms with Crippen molar-refractivity contribution in [3.8, 4) is 0 Å². The van der Waals surface area contributed by atoms with Crippen LogP contribution in [-0.4, -0.2) is 44.0 Å². The fourth-order valence-corrected chi connectivity index (χ4v) is 2.17. The summed E-state index contributed by atoms with van der Waals surface area (Å²) in [6.45, 7) is 2.29. The maximum atomic E-state index is 12.1. The lowest BCUT2D eigenvalue weighted by atomic mass is 10.1. The highest BCUT2D eigenvalue weighted by Crippen LogP contribution is 2.25. The average Bonchev–Trinajstić information content (AvgIpc) is 2.91. The Labute approximate surface area is 123 Å². The second kappa shape index (κ2) is 7.19. The first kappa shape index (κ1) is 15.5. The second-order valence-corrected chi connectivity index (χ2v) is 4.66. The van der Waals surface area contributed by atoms with Crippen molar-refractivity contribution in [1.82, 2.24) is 5.32 Å². The number of hydrogen-bond acceptors (Lipinski definition) is 5. The van der Waals surface area contributed by atoms with Gasteiger partial charge in [-0.1, -0.05) is 18.2 Å². The number of esters is 1. The van der Waals surface area contributed by atoms with Crippen molar-refractivity contribution in [3.05, 3.63) is 35.9 Å². The van der Waals surface area contributed by atoms with Crippen molar-refractivity contribution in [3.63, 3.8) is 0 Å². The molecule has 0 unspecified atom stereocenters. The smallest absolute Gasteiger partial charge is 0.338 e. The van der Waals surface area contributed by atoms with Crippen LogP contribution >= 0.6 is 0 Å². The van der Waals surface area contributed by atoms with Crippen molar-refractivity contribution in [2.45, 2.75) is 31.8 Å². The minimum Gasteiger partial charge on any atom is -0.455 e. The quantitative estimate of drug-likeness (QED) is 0.823. The Balaban J connectivity index is 2.05. The van der Waals surface area contributed by atoms with Gasteiger partial charge in [0.1, 0.15) is 6.10 Å². The maximum Gasteiger partial charge on any atom is 0.338 e. The number of methoxy groups -OCH3 is 1. The van der Waals surface area contributed by atoms with Crippen LogP contribution in [0.25, 0.3) is 0 Å². The molecule has 1 fully saturated rings. The Bertz CT molecular complexity index is 490. The third-order valence-electron chi connectivity index (χ3n) is 3.20. The maximum absolute atomic E-state index is 12.1. The molecule has 1 saturated heterocycles. The molecule has 3 atom stereocenters. The Morgan fingerprint density at radius 3 is 2.67 bits per heavy atom. The molecule has 0 radical (unpaired) electrons.